The van der Waals surface area contributed by atoms with Gasteiger partial charge in [-0.1, -0.05) is 37.1 Å². The minimum absolute atomic E-state index is 0.269. The molecule has 0 saturated carbocycles. The highest BCUT2D eigenvalue weighted by Crippen LogP contribution is 2.29. The van der Waals surface area contributed by atoms with Gasteiger partial charge in [-0.2, -0.15) is 13.2 Å². The van der Waals surface area contributed by atoms with Crippen LogP contribution in [0.15, 0.2) is 36.9 Å². The van der Waals surface area contributed by atoms with Crippen molar-refractivity contribution in [2.45, 2.75) is 50.8 Å². The predicted octanol–water partition coefficient (Wildman–Crippen LogP) is 4.75. The van der Waals surface area contributed by atoms with Crippen LogP contribution in [0.3, 0.4) is 0 Å². The highest BCUT2D eigenvalue weighted by Gasteiger charge is 2.30. The molecule has 1 atom stereocenters. The van der Waals surface area contributed by atoms with Crippen molar-refractivity contribution in [2.24, 2.45) is 0 Å². The summed E-state index contributed by atoms with van der Waals surface area (Å²) in [4.78, 5) is 0. The summed E-state index contributed by atoms with van der Waals surface area (Å²) in [6, 6.07) is 5.16. The van der Waals surface area contributed by atoms with Crippen molar-refractivity contribution >= 4 is 0 Å². The van der Waals surface area contributed by atoms with E-state index in [4.69, 9.17) is 0 Å². The van der Waals surface area contributed by atoms with Gasteiger partial charge in [0.15, 0.2) is 0 Å². The van der Waals surface area contributed by atoms with Crippen LogP contribution >= 0.6 is 0 Å². The summed E-state index contributed by atoms with van der Waals surface area (Å²) in [5.41, 5.74) is -0.133. The Labute approximate surface area is 118 Å². The molecule has 0 spiro atoms. The summed E-state index contributed by atoms with van der Waals surface area (Å²) in [7, 11) is 0. The minimum Gasteiger partial charge on any atom is -0.393 e. The zero-order valence-electron chi connectivity index (χ0n) is 11.5. The molecule has 0 aliphatic carbocycles. The van der Waals surface area contributed by atoms with Crippen LogP contribution in [0.5, 0.6) is 0 Å². The van der Waals surface area contributed by atoms with E-state index >= 15 is 0 Å². The van der Waals surface area contributed by atoms with Crippen LogP contribution < -0.4 is 0 Å². The Bertz CT molecular complexity index is 412. The maximum absolute atomic E-state index is 12.6. The summed E-state index contributed by atoms with van der Waals surface area (Å²) < 4.78 is 37.7. The Morgan fingerprint density at radius 3 is 2.60 bits per heavy atom. The molecule has 4 heteroatoms. The molecule has 1 unspecified atom stereocenters. The number of allylic oxidation sites excluding steroid dienone is 1. The molecule has 0 bridgehead atoms. The van der Waals surface area contributed by atoms with E-state index in [1.165, 1.54) is 6.07 Å². The van der Waals surface area contributed by atoms with Crippen LogP contribution in [0, 0.1) is 0 Å². The number of unbranched alkanes of at least 4 members (excludes halogenated alkanes) is 3. The molecule has 20 heavy (non-hydrogen) atoms. The molecule has 0 amide bonds. The Hall–Kier alpha value is -1.29. The second kappa shape index (κ2) is 8.10. The summed E-state index contributed by atoms with van der Waals surface area (Å²) in [6.45, 7) is 3.64. The van der Waals surface area contributed by atoms with Gasteiger partial charge in [0.05, 0.1) is 11.7 Å². The van der Waals surface area contributed by atoms with E-state index < -0.39 is 17.8 Å². The lowest BCUT2D eigenvalue weighted by Gasteiger charge is -2.12. The number of aliphatic hydroxyl groups excluding tert-OH is 1. The lowest BCUT2D eigenvalue weighted by molar-refractivity contribution is -0.137. The van der Waals surface area contributed by atoms with Gasteiger partial charge in [-0.15, -0.1) is 6.58 Å². The Kier molecular flexibility index (Phi) is 6.79. The number of hydrogen-bond donors (Lipinski definition) is 1. The van der Waals surface area contributed by atoms with Crippen molar-refractivity contribution in [3.63, 3.8) is 0 Å². The number of hydrogen-bond acceptors (Lipinski definition) is 1. The average molecular weight is 286 g/mol. The maximum atomic E-state index is 12.6. The van der Waals surface area contributed by atoms with Gasteiger partial charge in [0.25, 0.3) is 0 Å². The van der Waals surface area contributed by atoms with E-state index in [2.05, 4.69) is 6.58 Å². The monoisotopic (exact) mass is 286 g/mol. The molecule has 0 heterocycles. The SMILES string of the molecule is C=CCCCCCC(O)Cc1cccc(C(F)(F)F)c1. The van der Waals surface area contributed by atoms with Crippen LogP contribution in [0.4, 0.5) is 13.2 Å². The van der Waals surface area contributed by atoms with Crippen LogP contribution in [0.25, 0.3) is 0 Å². The third-order valence-electron chi connectivity index (χ3n) is 3.17. The lowest BCUT2D eigenvalue weighted by atomic mass is 10.0. The molecule has 0 saturated heterocycles. The maximum Gasteiger partial charge on any atom is 0.416 e. The van der Waals surface area contributed by atoms with Crippen LogP contribution in [0.1, 0.15) is 43.2 Å². The predicted molar refractivity (Wildman–Crippen MR) is 74.4 cm³/mol. The summed E-state index contributed by atoms with van der Waals surface area (Å²) in [5.74, 6) is 0. The molecule has 0 aliphatic heterocycles. The minimum atomic E-state index is -4.33. The van der Waals surface area contributed by atoms with Gasteiger partial charge in [-0.3, -0.25) is 0 Å². The Balaban J connectivity index is 2.42. The normalized spacial score (nSPS) is 13.2. The van der Waals surface area contributed by atoms with Crippen molar-refractivity contribution in [3.8, 4) is 0 Å². The third-order valence-corrected chi connectivity index (χ3v) is 3.17. The first-order valence-electron chi connectivity index (χ1n) is 6.88. The first-order valence-corrected chi connectivity index (χ1v) is 6.88. The van der Waals surface area contributed by atoms with Gasteiger partial charge >= 0.3 is 6.18 Å². The molecule has 0 aliphatic rings. The van der Waals surface area contributed by atoms with Crippen molar-refractivity contribution in [1.82, 2.24) is 0 Å². The van der Waals surface area contributed by atoms with Crippen molar-refractivity contribution in [3.05, 3.63) is 48.0 Å². The topological polar surface area (TPSA) is 20.2 Å². The van der Waals surface area contributed by atoms with Crippen molar-refractivity contribution in [1.29, 1.82) is 0 Å². The first kappa shape index (κ1) is 16.8. The van der Waals surface area contributed by atoms with Gasteiger partial charge in [-0.25, -0.2) is 0 Å². The zero-order chi connectivity index (χ0) is 15.0. The smallest absolute Gasteiger partial charge is 0.393 e. The number of benzene rings is 1. The number of halogens is 3. The number of aliphatic hydroxyl groups is 1. The fourth-order valence-corrected chi connectivity index (χ4v) is 2.09. The van der Waals surface area contributed by atoms with Crippen LogP contribution in [0.2, 0.25) is 0 Å². The summed E-state index contributed by atoms with van der Waals surface area (Å²) >= 11 is 0. The van der Waals surface area contributed by atoms with Gasteiger partial charge < -0.3 is 5.11 Å². The summed E-state index contributed by atoms with van der Waals surface area (Å²) in [6.07, 6.45) is 1.73. The standard InChI is InChI=1S/C16H21F3O/c1-2-3-4-5-6-10-15(20)12-13-8-7-9-14(11-13)16(17,18)19/h2,7-9,11,15,20H,1,3-6,10,12H2. The second-order valence-corrected chi connectivity index (χ2v) is 4.98. The van der Waals surface area contributed by atoms with E-state index in [0.717, 1.165) is 37.8 Å². The van der Waals surface area contributed by atoms with Crippen LogP contribution in [-0.4, -0.2) is 11.2 Å². The fraction of sp³-hybridized carbons (Fsp3) is 0.500. The average Bonchev–Trinajstić information content (AvgIpc) is 2.38. The highest BCUT2D eigenvalue weighted by molar-refractivity contribution is 5.26. The molecule has 112 valence electrons. The second-order valence-electron chi connectivity index (χ2n) is 4.98. The highest BCUT2D eigenvalue weighted by atomic mass is 19.4. The quantitative estimate of drug-likeness (QED) is 0.540. The van der Waals surface area contributed by atoms with E-state index in [9.17, 15) is 18.3 Å². The molecule has 0 fully saturated rings. The summed E-state index contributed by atoms with van der Waals surface area (Å²) in [5, 5.41) is 9.85. The molecule has 1 nitrogen and oxygen atoms in total. The van der Waals surface area contributed by atoms with Gasteiger partial charge in [-0.05, 0) is 37.3 Å². The molecule has 1 aromatic rings. The Morgan fingerprint density at radius 1 is 1.20 bits per heavy atom. The molecule has 1 aromatic carbocycles. The van der Waals surface area contributed by atoms with Gasteiger partial charge in [0.2, 0.25) is 0 Å². The zero-order valence-corrected chi connectivity index (χ0v) is 11.5. The first-order chi connectivity index (χ1) is 9.43. The van der Waals surface area contributed by atoms with E-state index in [1.54, 1.807) is 6.07 Å². The molecular formula is C16H21F3O. The molecular weight excluding hydrogens is 265 g/mol. The Morgan fingerprint density at radius 2 is 1.95 bits per heavy atom. The fourth-order valence-electron chi connectivity index (χ4n) is 2.09. The van der Waals surface area contributed by atoms with E-state index in [1.807, 2.05) is 6.08 Å². The van der Waals surface area contributed by atoms with Crippen molar-refractivity contribution < 1.29 is 18.3 Å². The molecule has 1 rings (SSSR count). The van der Waals surface area contributed by atoms with Gasteiger partial charge in [0.1, 0.15) is 0 Å². The van der Waals surface area contributed by atoms with E-state index in [0.29, 0.717) is 12.0 Å². The lowest BCUT2D eigenvalue weighted by Crippen LogP contribution is -2.12. The molecule has 0 radical (unpaired) electrons. The van der Waals surface area contributed by atoms with Gasteiger partial charge in [0, 0.05) is 0 Å². The third kappa shape index (κ3) is 6.24. The van der Waals surface area contributed by atoms with E-state index in [-0.39, 0.29) is 6.42 Å². The number of alkyl halides is 3. The molecule has 0 aromatic heterocycles. The molecule has 1 N–H and O–H groups in total. The number of rotatable bonds is 8. The largest absolute Gasteiger partial charge is 0.416 e. The van der Waals surface area contributed by atoms with Crippen LogP contribution in [-0.2, 0) is 12.6 Å². The van der Waals surface area contributed by atoms with Crippen molar-refractivity contribution in [2.75, 3.05) is 0 Å².